The highest BCUT2D eigenvalue weighted by molar-refractivity contribution is 7.86. The maximum absolute atomic E-state index is 13.0. The minimum Gasteiger partial charge on any atom is -0.497 e. The average molecular weight is 410 g/mol. The first-order chi connectivity index (χ1) is 13.4. The van der Waals surface area contributed by atoms with Crippen LogP contribution in [0.15, 0.2) is 24.3 Å². The molecule has 0 spiro atoms. The molecule has 0 aromatic heterocycles. The van der Waals surface area contributed by atoms with Crippen LogP contribution in [0.4, 0.5) is 0 Å². The maximum Gasteiger partial charge on any atom is 0.281 e. The van der Waals surface area contributed by atoms with Crippen LogP contribution in [-0.2, 0) is 21.5 Å². The fourth-order valence-electron chi connectivity index (χ4n) is 3.82. The third-order valence-corrected chi connectivity index (χ3v) is 7.78. The Labute approximate surface area is 168 Å². The van der Waals surface area contributed by atoms with Crippen molar-refractivity contribution in [1.29, 1.82) is 0 Å². The molecule has 2 aliphatic heterocycles. The number of rotatable bonds is 6. The molecule has 1 N–H and O–H groups in total. The lowest BCUT2D eigenvalue weighted by molar-refractivity contribution is -0.126. The molecule has 0 saturated carbocycles. The maximum atomic E-state index is 13.0. The molecule has 1 aromatic carbocycles. The van der Waals surface area contributed by atoms with Crippen LogP contribution in [-0.4, -0.2) is 56.2 Å². The Morgan fingerprint density at radius 3 is 2.43 bits per heavy atom. The zero-order valence-electron chi connectivity index (χ0n) is 16.8. The van der Waals surface area contributed by atoms with Crippen LogP contribution in [0, 0.1) is 11.8 Å². The van der Waals surface area contributed by atoms with Crippen LogP contribution < -0.4 is 10.1 Å². The zero-order chi connectivity index (χ0) is 20.1. The molecular weight excluding hydrogens is 378 g/mol. The standard InChI is InChI=1S/C20H31N3O4S/c1-16-9-12-22(13-10-16)28(25,26)23-11-3-4-18(15-23)20(24)21-14-17-5-7-19(27-2)8-6-17/h5-8,16,18H,3-4,9-15H2,1-2H3,(H,21,24)/t18-/m1/s1. The van der Waals surface area contributed by atoms with Gasteiger partial charge < -0.3 is 10.1 Å². The van der Waals surface area contributed by atoms with Crippen molar-refractivity contribution in [3.8, 4) is 5.75 Å². The van der Waals surface area contributed by atoms with Crippen LogP contribution in [0.2, 0.25) is 0 Å². The first-order valence-electron chi connectivity index (χ1n) is 10.1. The van der Waals surface area contributed by atoms with Crippen LogP contribution >= 0.6 is 0 Å². The van der Waals surface area contributed by atoms with Gasteiger partial charge in [-0.2, -0.15) is 17.0 Å². The molecular formula is C20H31N3O4S. The summed E-state index contributed by atoms with van der Waals surface area (Å²) >= 11 is 0. The lowest BCUT2D eigenvalue weighted by Gasteiger charge is -2.37. The Morgan fingerprint density at radius 2 is 1.79 bits per heavy atom. The van der Waals surface area contributed by atoms with Crippen molar-refractivity contribution in [2.45, 2.75) is 39.2 Å². The highest BCUT2D eigenvalue weighted by Crippen LogP contribution is 2.25. The van der Waals surface area contributed by atoms with Crippen molar-refractivity contribution >= 4 is 16.1 Å². The predicted octanol–water partition coefficient (Wildman–Crippen LogP) is 2.00. The van der Waals surface area contributed by atoms with E-state index in [0.717, 1.165) is 30.6 Å². The van der Waals surface area contributed by atoms with Crippen molar-refractivity contribution in [3.63, 3.8) is 0 Å². The molecule has 2 aliphatic rings. The molecule has 156 valence electrons. The molecule has 8 heteroatoms. The second-order valence-electron chi connectivity index (χ2n) is 7.85. The molecule has 0 unspecified atom stereocenters. The van der Waals surface area contributed by atoms with Crippen LogP contribution in [0.3, 0.4) is 0 Å². The summed E-state index contributed by atoms with van der Waals surface area (Å²) in [5, 5.41) is 2.95. The summed E-state index contributed by atoms with van der Waals surface area (Å²) in [5.74, 6) is 0.966. The van der Waals surface area contributed by atoms with Gasteiger partial charge >= 0.3 is 0 Å². The Balaban J connectivity index is 1.55. The van der Waals surface area contributed by atoms with Gasteiger partial charge in [-0.05, 0) is 49.3 Å². The van der Waals surface area contributed by atoms with Crippen molar-refractivity contribution < 1.29 is 17.9 Å². The smallest absolute Gasteiger partial charge is 0.281 e. The average Bonchev–Trinajstić information content (AvgIpc) is 2.72. The number of hydrogen-bond donors (Lipinski definition) is 1. The molecule has 0 bridgehead atoms. The molecule has 2 heterocycles. The van der Waals surface area contributed by atoms with Gasteiger partial charge in [-0.1, -0.05) is 19.1 Å². The fourth-order valence-corrected chi connectivity index (χ4v) is 5.55. The fraction of sp³-hybridized carbons (Fsp3) is 0.650. The first-order valence-corrected chi connectivity index (χ1v) is 11.5. The molecule has 1 atom stereocenters. The van der Waals surface area contributed by atoms with E-state index in [4.69, 9.17) is 4.74 Å². The summed E-state index contributed by atoms with van der Waals surface area (Å²) in [6.45, 7) is 4.51. The van der Waals surface area contributed by atoms with Gasteiger partial charge in [-0.25, -0.2) is 0 Å². The molecule has 2 saturated heterocycles. The second kappa shape index (κ2) is 9.24. The van der Waals surface area contributed by atoms with Gasteiger partial charge in [0.1, 0.15) is 5.75 Å². The third kappa shape index (κ3) is 5.04. The van der Waals surface area contributed by atoms with E-state index >= 15 is 0 Å². The van der Waals surface area contributed by atoms with E-state index < -0.39 is 10.2 Å². The van der Waals surface area contributed by atoms with Gasteiger partial charge in [0.05, 0.1) is 13.0 Å². The number of hydrogen-bond acceptors (Lipinski definition) is 4. The molecule has 7 nitrogen and oxygen atoms in total. The highest BCUT2D eigenvalue weighted by Gasteiger charge is 2.36. The summed E-state index contributed by atoms with van der Waals surface area (Å²) in [5.41, 5.74) is 0.983. The van der Waals surface area contributed by atoms with Gasteiger partial charge in [-0.3, -0.25) is 4.79 Å². The molecule has 1 aromatic rings. The normalized spacial score (nSPS) is 22.7. The number of carbonyl (C=O) groups excluding carboxylic acids is 1. The van der Waals surface area contributed by atoms with Crippen molar-refractivity contribution in [3.05, 3.63) is 29.8 Å². The quantitative estimate of drug-likeness (QED) is 0.779. The second-order valence-corrected chi connectivity index (χ2v) is 9.78. The van der Waals surface area contributed by atoms with E-state index in [0.29, 0.717) is 38.5 Å². The topological polar surface area (TPSA) is 79.0 Å². The number of ether oxygens (including phenoxy) is 1. The van der Waals surface area contributed by atoms with Gasteiger partial charge in [0, 0.05) is 32.7 Å². The Bertz CT molecular complexity index is 758. The largest absolute Gasteiger partial charge is 0.497 e. The minimum atomic E-state index is -3.48. The number of methoxy groups -OCH3 is 1. The van der Waals surface area contributed by atoms with E-state index in [1.807, 2.05) is 24.3 Å². The SMILES string of the molecule is COc1ccc(CNC(=O)[C@@H]2CCCN(S(=O)(=O)N3CCC(C)CC3)C2)cc1. The summed E-state index contributed by atoms with van der Waals surface area (Å²) < 4.78 is 34.2. The molecule has 0 aliphatic carbocycles. The van der Waals surface area contributed by atoms with E-state index in [1.54, 1.807) is 11.4 Å². The molecule has 2 fully saturated rings. The summed E-state index contributed by atoms with van der Waals surface area (Å²) in [7, 11) is -1.86. The van der Waals surface area contributed by atoms with Crippen LogP contribution in [0.25, 0.3) is 0 Å². The highest BCUT2D eigenvalue weighted by atomic mass is 32.2. The Morgan fingerprint density at radius 1 is 1.11 bits per heavy atom. The third-order valence-electron chi connectivity index (χ3n) is 5.78. The summed E-state index contributed by atoms with van der Waals surface area (Å²) in [6, 6.07) is 7.54. The Hall–Kier alpha value is -1.64. The number of nitrogens with one attached hydrogen (secondary N) is 1. The number of nitrogens with zero attached hydrogens (tertiary/aromatic N) is 2. The minimum absolute atomic E-state index is 0.0806. The lowest BCUT2D eigenvalue weighted by atomic mass is 9.99. The van der Waals surface area contributed by atoms with Crippen molar-refractivity contribution in [2.24, 2.45) is 11.8 Å². The van der Waals surface area contributed by atoms with Crippen LogP contribution in [0.5, 0.6) is 5.75 Å². The number of carbonyl (C=O) groups is 1. The lowest BCUT2D eigenvalue weighted by Crippen LogP contribution is -2.52. The number of benzene rings is 1. The van der Waals surface area contributed by atoms with Gasteiger partial charge in [-0.15, -0.1) is 0 Å². The summed E-state index contributed by atoms with van der Waals surface area (Å²) in [6.07, 6.45) is 3.24. The summed E-state index contributed by atoms with van der Waals surface area (Å²) in [4.78, 5) is 12.6. The molecule has 3 rings (SSSR count). The molecule has 28 heavy (non-hydrogen) atoms. The monoisotopic (exact) mass is 409 g/mol. The van der Waals surface area contributed by atoms with E-state index in [9.17, 15) is 13.2 Å². The predicted molar refractivity (Wildman–Crippen MR) is 108 cm³/mol. The zero-order valence-corrected chi connectivity index (χ0v) is 17.6. The van der Waals surface area contributed by atoms with Crippen molar-refractivity contribution in [1.82, 2.24) is 13.9 Å². The first kappa shape index (κ1) is 21.1. The van der Waals surface area contributed by atoms with E-state index in [2.05, 4.69) is 12.2 Å². The Kier molecular flexibility index (Phi) is 6.95. The van der Waals surface area contributed by atoms with E-state index in [1.165, 1.54) is 4.31 Å². The number of amides is 1. The van der Waals surface area contributed by atoms with Gasteiger partial charge in [0.25, 0.3) is 10.2 Å². The van der Waals surface area contributed by atoms with Crippen molar-refractivity contribution in [2.75, 3.05) is 33.3 Å². The molecule has 1 amide bonds. The number of piperidine rings is 2. The van der Waals surface area contributed by atoms with Gasteiger partial charge in [0.15, 0.2) is 0 Å². The van der Waals surface area contributed by atoms with Crippen LogP contribution in [0.1, 0.15) is 38.2 Å². The van der Waals surface area contributed by atoms with E-state index in [-0.39, 0.29) is 18.4 Å². The van der Waals surface area contributed by atoms with Gasteiger partial charge in [0.2, 0.25) is 5.91 Å². The molecule has 0 radical (unpaired) electrons.